The molecule has 21 heavy (non-hydrogen) atoms. The monoisotopic (exact) mass is 288 g/mol. The fourth-order valence-corrected chi connectivity index (χ4v) is 2.99. The molecule has 5 heteroatoms. The predicted octanol–water partition coefficient (Wildman–Crippen LogP) is 1.06. The molecule has 0 radical (unpaired) electrons. The molecule has 112 valence electrons. The number of hydrogen-bond acceptors (Lipinski definition) is 3. The SMILES string of the molecule is COc1ccc2c(c1)CCN(C(=O)C1CN(C(C)=O)C1)C2. The number of hydrogen-bond donors (Lipinski definition) is 0. The standard InChI is InChI=1S/C16H20N2O3/c1-11(19)18-9-14(10-18)16(20)17-6-5-12-7-15(21-2)4-3-13(12)8-17/h3-4,7,14H,5-6,8-10H2,1-2H3. The van der Waals surface area contributed by atoms with Gasteiger partial charge in [-0.15, -0.1) is 0 Å². The number of rotatable bonds is 2. The summed E-state index contributed by atoms with van der Waals surface area (Å²) in [7, 11) is 1.66. The van der Waals surface area contributed by atoms with Crippen molar-refractivity contribution in [2.24, 2.45) is 5.92 Å². The van der Waals surface area contributed by atoms with Gasteiger partial charge in [0, 0.05) is 33.1 Å². The molecule has 0 spiro atoms. The molecule has 1 aromatic carbocycles. The van der Waals surface area contributed by atoms with E-state index in [0.717, 1.165) is 18.7 Å². The number of benzene rings is 1. The molecule has 2 aliphatic rings. The lowest BCUT2D eigenvalue weighted by molar-refractivity contribution is -0.148. The van der Waals surface area contributed by atoms with Crippen LogP contribution in [-0.4, -0.2) is 48.4 Å². The Bertz CT molecular complexity index is 579. The maximum Gasteiger partial charge on any atom is 0.229 e. The molecule has 0 atom stereocenters. The average Bonchev–Trinajstić information content (AvgIpc) is 2.44. The lowest BCUT2D eigenvalue weighted by Gasteiger charge is -2.41. The second-order valence-electron chi connectivity index (χ2n) is 5.77. The molecular formula is C16H20N2O3. The van der Waals surface area contributed by atoms with Crippen LogP contribution in [0.3, 0.4) is 0 Å². The van der Waals surface area contributed by atoms with Crippen molar-refractivity contribution in [3.63, 3.8) is 0 Å². The Balaban J connectivity index is 1.64. The summed E-state index contributed by atoms with van der Waals surface area (Å²) in [5.74, 6) is 1.07. The molecule has 0 aliphatic carbocycles. The van der Waals surface area contributed by atoms with Crippen LogP contribution in [0.15, 0.2) is 18.2 Å². The first kappa shape index (κ1) is 13.9. The molecule has 0 N–H and O–H groups in total. The minimum absolute atomic E-state index is 0.0197. The second kappa shape index (κ2) is 5.39. The van der Waals surface area contributed by atoms with E-state index in [1.165, 1.54) is 11.1 Å². The lowest BCUT2D eigenvalue weighted by atomic mass is 9.94. The number of carbonyl (C=O) groups is 2. The van der Waals surface area contributed by atoms with E-state index < -0.39 is 0 Å². The van der Waals surface area contributed by atoms with Gasteiger partial charge in [-0.1, -0.05) is 6.07 Å². The van der Waals surface area contributed by atoms with Crippen LogP contribution >= 0.6 is 0 Å². The number of likely N-dealkylation sites (tertiary alicyclic amines) is 1. The van der Waals surface area contributed by atoms with Crippen molar-refractivity contribution in [1.29, 1.82) is 0 Å². The summed E-state index contributed by atoms with van der Waals surface area (Å²) in [6, 6.07) is 6.03. The van der Waals surface area contributed by atoms with Gasteiger partial charge >= 0.3 is 0 Å². The zero-order valence-electron chi connectivity index (χ0n) is 12.5. The van der Waals surface area contributed by atoms with Crippen molar-refractivity contribution in [2.45, 2.75) is 19.9 Å². The molecular weight excluding hydrogens is 268 g/mol. The van der Waals surface area contributed by atoms with Gasteiger partial charge in [-0.25, -0.2) is 0 Å². The van der Waals surface area contributed by atoms with Crippen molar-refractivity contribution in [1.82, 2.24) is 9.80 Å². The normalized spacial score (nSPS) is 18.0. The number of ether oxygens (including phenoxy) is 1. The minimum atomic E-state index is -0.0197. The zero-order valence-corrected chi connectivity index (χ0v) is 12.5. The van der Waals surface area contributed by atoms with Crippen molar-refractivity contribution in [2.75, 3.05) is 26.7 Å². The molecule has 0 unspecified atom stereocenters. The maximum atomic E-state index is 12.4. The minimum Gasteiger partial charge on any atom is -0.497 e. The van der Waals surface area contributed by atoms with Gasteiger partial charge in [0.15, 0.2) is 0 Å². The van der Waals surface area contributed by atoms with Gasteiger partial charge in [0.05, 0.1) is 13.0 Å². The molecule has 5 nitrogen and oxygen atoms in total. The van der Waals surface area contributed by atoms with Crippen LogP contribution in [0.5, 0.6) is 5.75 Å². The third-order valence-electron chi connectivity index (χ3n) is 4.41. The third-order valence-corrected chi connectivity index (χ3v) is 4.41. The summed E-state index contributed by atoms with van der Waals surface area (Å²) in [5, 5.41) is 0. The molecule has 2 aliphatic heterocycles. The molecule has 0 aromatic heterocycles. The van der Waals surface area contributed by atoms with E-state index in [9.17, 15) is 9.59 Å². The Hall–Kier alpha value is -2.04. The van der Waals surface area contributed by atoms with Crippen molar-refractivity contribution in [3.8, 4) is 5.75 Å². The Morgan fingerprint density at radius 3 is 2.62 bits per heavy atom. The van der Waals surface area contributed by atoms with Crippen molar-refractivity contribution >= 4 is 11.8 Å². The summed E-state index contributed by atoms with van der Waals surface area (Å²) >= 11 is 0. The van der Waals surface area contributed by atoms with Gasteiger partial charge in [-0.2, -0.15) is 0 Å². The van der Waals surface area contributed by atoms with Gasteiger partial charge in [0.25, 0.3) is 0 Å². The van der Waals surface area contributed by atoms with Gasteiger partial charge in [-0.05, 0) is 29.7 Å². The van der Waals surface area contributed by atoms with Crippen LogP contribution < -0.4 is 4.74 Å². The Labute approximate surface area is 124 Å². The average molecular weight is 288 g/mol. The Morgan fingerprint density at radius 2 is 1.95 bits per heavy atom. The highest BCUT2D eigenvalue weighted by molar-refractivity contribution is 5.84. The van der Waals surface area contributed by atoms with Gasteiger partial charge < -0.3 is 14.5 Å². The maximum absolute atomic E-state index is 12.4. The van der Waals surface area contributed by atoms with Gasteiger partial charge in [0.1, 0.15) is 5.75 Å². The van der Waals surface area contributed by atoms with E-state index in [2.05, 4.69) is 6.07 Å². The summed E-state index contributed by atoms with van der Waals surface area (Å²) in [6.07, 6.45) is 0.863. The van der Waals surface area contributed by atoms with Crippen LogP contribution in [0.2, 0.25) is 0 Å². The summed E-state index contributed by atoms with van der Waals surface area (Å²) in [5.41, 5.74) is 2.45. The molecule has 1 fully saturated rings. The molecule has 1 saturated heterocycles. The van der Waals surface area contributed by atoms with E-state index in [-0.39, 0.29) is 17.7 Å². The van der Waals surface area contributed by atoms with Crippen LogP contribution in [0.4, 0.5) is 0 Å². The highest BCUT2D eigenvalue weighted by atomic mass is 16.5. The third kappa shape index (κ3) is 2.60. The fraction of sp³-hybridized carbons (Fsp3) is 0.500. The van der Waals surface area contributed by atoms with E-state index in [4.69, 9.17) is 4.74 Å². The van der Waals surface area contributed by atoms with E-state index >= 15 is 0 Å². The fourth-order valence-electron chi connectivity index (χ4n) is 2.99. The lowest BCUT2D eigenvalue weighted by Crippen LogP contribution is -2.56. The topological polar surface area (TPSA) is 49.9 Å². The first-order chi connectivity index (χ1) is 10.1. The van der Waals surface area contributed by atoms with E-state index in [1.807, 2.05) is 17.0 Å². The number of fused-ring (bicyclic) bond motifs is 1. The molecule has 0 bridgehead atoms. The van der Waals surface area contributed by atoms with Crippen LogP contribution in [0, 0.1) is 5.92 Å². The highest BCUT2D eigenvalue weighted by Crippen LogP contribution is 2.26. The highest BCUT2D eigenvalue weighted by Gasteiger charge is 2.37. The summed E-state index contributed by atoms with van der Waals surface area (Å²) in [4.78, 5) is 27.3. The first-order valence-electron chi connectivity index (χ1n) is 7.28. The van der Waals surface area contributed by atoms with Gasteiger partial charge in [-0.3, -0.25) is 9.59 Å². The smallest absolute Gasteiger partial charge is 0.229 e. The largest absolute Gasteiger partial charge is 0.497 e. The quantitative estimate of drug-likeness (QED) is 0.817. The molecule has 3 rings (SSSR count). The summed E-state index contributed by atoms with van der Waals surface area (Å²) in [6.45, 7) is 4.09. The second-order valence-corrected chi connectivity index (χ2v) is 5.77. The predicted molar refractivity (Wildman–Crippen MR) is 77.9 cm³/mol. The molecule has 0 saturated carbocycles. The van der Waals surface area contributed by atoms with Crippen molar-refractivity contribution < 1.29 is 14.3 Å². The Morgan fingerprint density at radius 1 is 1.19 bits per heavy atom. The van der Waals surface area contributed by atoms with Gasteiger partial charge in [0.2, 0.25) is 11.8 Å². The summed E-state index contributed by atoms with van der Waals surface area (Å²) < 4.78 is 5.24. The molecule has 1 aromatic rings. The van der Waals surface area contributed by atoms with Crippen molar-refractivity contribution in [3.05, 3.63) is 29.3 Å². The van der Waals surface area contributed by atoms with Crippen LogP contribution in [0.1, 0.15) is 18.1 Å². The number of nitrogens with zero attached hydrogens (tertiary/aromatic N) is 2. The molecule has 2 heterocycles. The zero-order chi connectivity index (χ0) is 15.0. The first-order valence-corrected chi connectivity index (χ1v) is 7.28. The van der Waals surface area contributed by atoms with E-state index in [0.29, 0.717) is 19.6 Å². The Kier molecular flexibility index (Phi) is 3.57. The molecule has 2 amide bonds. The van der Waals surface area contributed by atoms with Crippen LogP contribution in [-0.2, 0) is 22.6 Å². The number of carbonyl (C=O) groups excluding carboxylic acids is 2. The van der Waals surface area contributed by atoms with Crippen LogP contribution in [0.25, 0.3) is 0 Å². The number of methoxy groups -OCH3 is 1. The number of amides is 2. The van der Waals surface area contributed by atoms with E-state index in [1.54, 1.807) is 18.9 Å².